The molecule has 0 saturated carbocycles. The lowest BCUT2D eigenvalue weighted by Crippen LogP contribution is -2.16. The molecule has 120 valence electrons. The molecule has 2 aromatic carbocycles. The van der Waals surface area contributed by atoms with E-state index in [9.17, 15) is 19.2 Å². The Labute approximate surface area is 136 Å². The van der Waals surface area contributed by atoms with Gasteiger partial charge in [0.1, 0.15) is 5.75 Å². The summed E-state index contributed by atoms with van der Waals surface area (Å²) in [4.78, 5) is 47.1. The molecule has 6 heteroatoms. The largest absolute Gasteiger partial charge is 0.426 e. The lowest BCUT2D eigenvalue weighted by atomic mass is 9.90. The van der Waals surface area contributed by atoms with Crippen LogP contribution < -0.4 is 9.47 Å². The first-order chi connectivity index (χ1) is 11.4. The van der Waals surface area contributed by atoms with Gasteiger partial charge in [-0.05, 0) is 24.3 Å². The summed E-state index contributed by atoms with van der Waals surface area (Å²) in [6.07, 6.45) is 2.29. The van der Waals surface area contributed by atoms with E-state index in [1.807, 2.05) is 0 Å². The first-order valence-corrected chi connectivity index (χ1v) is 7.12. The average molecular weight is 324 g/mol. The van der Waals surface area contributed by atoms with Crippen LogP contribution in [0.25, 0.3) is 10.8 Å². The fourth-order valence-electron chi connectivity index (χ4n) is 2.62. The molecular weight excluding hydrogens is 312 g/mol. The van der Waals surface area contributed by atoms with Crippen molar-refractivity contribution in [3.8, 4) is 11.5 Å². The second-order valence-corrected chi connectivity index (χ2v) is 5.23. The molecule has 0 unspecified atom stereocenters. The van der Waals surface area contributed by atoms with Crippen molar-refractivity contribution in [2.75, 3.05) is 0 Å². The smallest absolute Gasteiger partial charge is 0.308 e. The summed E-state index contributed by atoms with van der Waals surface area (Å²) < 4.78 is 10.4. The van der Waals surface area contributed by atoms with Crippen molar-refractivity contribution in [2.24, 2.45) is 0 Å². The Morgan fingerprint density at radius 2 is 1.54 bits per heavy atom. The maximum absolute atomic E-state index is 12.2. The van der Waals surface area contributed by atoms with Crippen molar-refractivity contribution in [3.63, 3.8) is 0 Å². The summed E-state index contributed by atoms with van der Waals surface area (Å²) in [5.74, 6) is -1.77. The van der Waals surface area contributed by atoms with Gasteiger partial charge in [-0.2, -0.15) is 0 Å². The lowest BCUT2D eigenvalue weighted by Gasteiger charge is -2.17. The molecule has 0 aromatic heterocycles. The van der Waals surface area contributed by atoms with E-state index in [4.69, 9.17) is 9.47 Å². The summed E-state index contributed by atoms with van der Waals surface area (Å²) in [7, 11) is 0. The Morgan fingerprint density at radius 1 is 0.875 bits per heavy atom. The Balaban J connectivity index is 2.40. The van der Waals surface area contributed by atoms with Gasteiger partial charge < -0.3 is 9.47 Å². The predicted molar refractivity (Wildman–Crippen MR) is 84.4 cm³/mol. The minimum Gasteiger partial charge on any atom is -0.426 e. The zero-order valence-corrected chi connectivity index (χ0v) is 12.9. The SMILES string of the molecule is CC(=O)Oc1cccc2c(OC(C)=O)c3c(cc12)C(=O)C=CC3=O. The van der Waals surface area contributed by atoms with Crippen LogP contribution in [0.3, 0.4) is 0 Å². The lowest BCUT2D eigenvalue weighted by molar-refractivity contribution is -0.132. The van der Waals surface area contributed by atoms with Crippen molar-refractivity contribution in [3.05, 3.63) is 47.5 Å². The number of carbonyl (C=O) groups excluding carboxylic acids is 4. The molecule has 1 aliphatic carbocycles. The summed E-state index contributed by atoms with van der Waals surface area (Å²) in [6, 6.07) is 6.25. The van der Waals surface area contributed by atoms with Crippen molar-refractivity contribution < 1.29 is 28.7 Å². The minimum absolute atomic E-state index is 0.00768. The third-order valence-corrected chi connectivity index (χ3v) is 3.49. The monoisotopic (exact) mass is 324 g/mol. The summed E-state index contributed by atoms with van der Waals surface area (Å²) in [5.41, 5.74) is 0.135. The highest BCUT2D eigenvalue weighted by Crippen LogP contribution is 2.39. The molecule has 24 heavy (non-hydrogen) atoms. The molecule has 6 nitrogen and oxygen atoms in total. The van der Waals surface area contributed by atoms with Crippen molar-refractivity contribution in [1.82, 2.24) is 0 Å². The van der Waals surface area contributed by atoms with Crippen LogP contribution in [-0.2, 0) is 9.59 Å². The van der Waals surface area contributed by atoms with E-state index in [1.165, 1.54) is 19.9 Å². The van der Waals surface area contributed by atoms with E-state index in [0.717, 1.165) is 12.2 Å². The van der Waals surface area contributed by atoms with Crippen LogP contribution in [0.5, 0.6) is 11.5 Å². The van der Waals surface area contributed by atoms with Crippen LogP contribution in [0.4, 0.5) is 0 Å². The zero-order valence-electron chi connectivity index (χ0n) is 12.9. The van der Waals surface area contributed by atoms with Gasteiger partial charge in [-0.3, -0.25) is 19.2 Å². The van der Waals surface area contributed by atoms with Gasteiger partial charge in [-0.25, -0.2) is 0 Å². The zero-order chi connectivity index (χ0) is 17.4. The highest BCUT2D eigenvalue weighted by molar-refractivity contribution is 6.26. The fraction of sp³-hybridized carbons (Fsp3) is 0.111. The van der Waals surface area contributed by atoms with E-state index in [2.05, 4.69) is 0 Å². The number of carbonyl (C=O) groups is 4. The fourth-order valence-corrected chi connectivity index (χ4v) is 2.62. The van der Waals surface area contributed by atoms with Gasteiger partial charge in [-0.1, -0.05) is 12.1 Å². The van der Waals surface area contributed by atoms with Crippen LogP contribution >= 0.6 is 0 Å². The van der Waals surface area contributed by atoms with Crippen molar-refractivity contribution >= 4 is 34.3 Å². The van der Waals surface area contributed by atoms with Gasteiger partial charge in [0.25, 0.3) is 0 Å². The Hall–Kier alpha value is -3.28. The standard InChI is InChI=1S/C18H12O6/c1-9(19)23-16-5-3-4-11-12(16)8-13-14(21)6-7-15(22)17(13)18(11)24-10(2)20/h3-8H,1-2H3. The number of hydrogen-bond donors (Lipinski definition) is 0. The Morgan fingerprint density at radius 3 is 2.21 bits per heavy atom. The molecule has 0 aliphatic heterocycles. The molecule has 0 heterocycles. The number of fused-ring (bicyclic) bond motifs is 2. The van der Waals surface area contributed by atoms with Gasteiger partial charge in [0, 0.05) is 30.2 Å². The molecule has 0 bridgehead atoms. The molecule has 0 N–H and O–H groups in total. The topological polar surface area (TPSA) is 86.7 Å². The van der Waals surface area contributed by atoms with Gasteiger partial charge in [0.05, 0.1) is 5.56 Å². The maximum Gasteiger partial charge on any atom is 0.308 e. The molecular formula is C18H12O6. The van der Waals surface area contributed by atoms with Gasteiger partial charge >= 0.3 is 11.9 Å². The number of ketones is 2. The number of esters is 2. The molecule has 0 spiro atoms. The van der Waals surface area contributed by atoms with E-state index < -0.39 is 23.5 Å². The second-order valence-electron chi connectivity index (χ2n) is 5.23. The van der Waals surface area contributed by atoms with E-state index in [0.29, 0.717) is 10.8 Å². The van der Waals surface area contributed by atoms with Gasteiger partial charge in [0.2, 0.25) is 0 Å². The summed E-state index contributed by atoms with van der Waals surface area (Å²) >= 11 is 0. The Bertz CT molecular complexity index is 952. The maximum atomic E-state index is 12.2. The third kappa shape index (κ3) is 2.58. The highest BCUT2D eigenvalue weighted by atomic mass is 16.5. The van der Waals surface area contributed by atoms with E-state index in [-0.39, 0.29) is 22.6 Å². The van der Waals surface area contributed by atoms with Gasteiger partial charge in [-0.15, -0.1) is 0 Å². The molecule has 0 amide bonds. The van der Waals surface area contributed by atoms with Gasteiger partial charge in [0.15, 0.2) is 17.3 Å². The van der Waals surface area contributed by atoms with E-state index in [1.54, 1.807) is 18.2 Å². The highest BCUT2D eigenvalue weighted by Gasteiger charge is 2.27. The molecule has 2 aromatic rings. The van der Waals surface area contributed by atoms with Crippen molar-refractivity contribution in [1.29, 1.82) is 0 Å². The molecule has 0 atom stereocenters. The van der Waals surface area contributed by atoms with Crippen LogP contribution in [-0.4, -0.2) is 23.5 Å². The average Bonchev–Trinajstić information content (AvgIpc) is 2.50. The second kappa shape index (κ2) is 5.73. The minimum atomic E-state index is -0.627. The molecule has 1 aliphatic rings. The summed E-state index contributed by atoms with van der Waals surface area (Å²) in [6.45, 7) is 2.45. The predicted octanol–water partition coefficient (Wildman–Crippen LogP) is 2.63. The van der Waals surface area contributed by atoms with Crippen LogP contribution in [0.1, 0.15) is 34.6 Å². The van der Waals surface area contributed by atoms with Crippen molar-refractivity contribution in [2.45, 2.75) is 13.8 Å². The molecule has 0 fully saturated rings. The Kier molecular flexibility index (Phi) is 3.73. The first-order valence-electron chi connectivity index (χ1n) is 7.12. The number of rotatable bonds is 2. The number of benzene rings is 2. The van der Waals surface area contributed by atoms with Crippen LogP contribution in [0.15, 0.2) is 36.4 Å². The summed E-state index contributed by atoms with van der Waals surface area (Å²) in [5, 5.41) is 0.804. The van der Waals surface area contributed by atoms with Crippen LogP contribution in [0.2, 0.25) is 0 Å². The van der Waals surface area contributed by atoms with E-state index >= 15 is 0 Å². The third-order valence-electron chi connectivity index (χ3n) is 3.49. The molecule has 0 saturated heterocycles. The number of allylic oxidation sites excluding steroid dienone is 2. The number of hydrogen-bond acceptors (Lipinski definition) is 6. The normalized spacial score (nSPS) is 12.9. The quantitative estimate of drug-likeness (QED) is 0.623. The van der Waals surface area contributed by atoms with Crippen LogP contribution in [0, 0.1) is 0 Å². The molecule has 3 rings (SSSR count). The first kappa shape index (κ1) is 15.6. The molecule has 0 radical (unpaired) electrons. The number of ether oxygens (including phenoxy) is 2.